The Hall–Kier alpha value is -1.95. The number of rotatable bonds is 4. The van der Waals surface area contributed by atoms with Crippen molar-refractivity contribution < 1.29 is 13.8 Å². The Morgan fingerprint density at radius 3 is 2.62 bits per heavy atom. The molecule has 0 aromatic heterocycles. The molecule has 2 atom stereocenters. The Bertz CT molecular complexity index is 598. The van der Waals surface area contributed by atoms with Crippen LogP contribution in [0.2, 0.25) is 0 Å². The number of carbonyl (C=O) groups excluding carboxylic acids is 2. The average molecular weight is 306 g/mol. The van der Waals surface area contributed by atoms with Gasteiger partial charge in [-0.3, -0.25) is 13.8 Å². The summed E-state index contributed by atoms with van der Waals surface area (Å²) in [6.45, 7) is 2.09. The molecule has 1 unspecified atom stereocenters. The fraction of sp³-hybridized carbons (Fsp3) is 0.333. The lowest BCUT2D eigenvalue weighted by Crippen LogP contribution is -2.26. The van der Waals surface area contributed by atoms with Crippen molar-refractivity contribution in [2.75, 3.05) is 13.6 Å². The summed E-state index contributed by atoms with van der Waals surface area (Å²) in [6, 6.07) is 9.82. The molecule has 0 spiro atoms. The number of carbonyl (C=O) groups is 2. The molecule has 1 aromatic rings. The highest BCUT2D eigenvalue weighted by atomic mass is 32.2. The zero-order valence-electron chi connectivity index (χ0n) is 12.0. The number of nitrogens with one attached hydrogen (secondary N) is 1. The molecule has 1 heterocycles. The molecular weight excluding hydrogens is 288 g/mol. The molecule has 21 heavy (non-hydrogen) atoms. The molecule has 112 valence electrons. The molecule has 0 saturated carbocycles. The quantitative estimate of drug-likeness (QED) is 0.837. The van der Waals surface area contributed by atoms with Crippen molar-refractivity contribution in [3.05, 3.63) is 47.0 Å². The summed E-state index contributed by atoms with van der Waals surface area (Å²) in [6.07, 6.45) is 1.98. The maximum Gasteiger partial charge on any atom is 0.246 e. The second kappa shape index (κ2) is 6.67. The van der Waals surface area contributed by atoms with Crippen molar-refractivity contribution in [3.63, 3.8) is 0 Å². The summed E-state index contributed by atoms with van der Waals surface area (Å²) in [4.78, 5) is 24.8. The van der Waals surface area contributed by atoms with Gasteiger partial charge < -0.3 is 10.2 Å². The zero-order chi connectivity index (χ0) is 15.4. The Morgan fingerprint density at radius 1 is 1.38 bits per heavy atom. The number of amides is 2. The van der Waals surface area contributed by atoms with Crippen molar-refractivity contribution in [2.24, 2.45) is 0 Å². The maximum atomic E-state index is 12.0. The van der Waals surface area contributed by atoms with E-state index >= 15 is 0 Å². The standard InChI is InChI=1S/C15H18N2O3S/c1-11-15(19)17(2)14(21(11)20)10-13(18)16-9-8-12-6-4-3-5-7-12/h3-7,10-11H,8-9H2,1-2H3,(H,16,18)/b14-10-/t11-,21?/m0/s1. The van der Waals surface area contributed by atoms with E-state index in [2.05, 4.69) is 5.32 Å². The van der Waals surface area contributed by atoms with Crippen LogP contribution in [0.15, 0.2) is 41.4 Å². The van der Waals surface area contributed by atoms with Crippen molar-refractivity contribution in [1.29, 1.82) is 0 Å². The number of nitrogens with zero attached hydrogens (tertiary/aromatic N) is 1. The monoisotopic (exact) mass is 306 g/mol. The van der Waals surface area contributed by atoms with Crippen LogP contribution in [0.1, 0.15) is 12.5 Å². The Kier molecular flexibility index (Phi) is 4.90. The van der Waals surface area contributed by atoms with Gasteiger partial charge in [0.1, 0.15) is 10.3 Å². The van der Waals surface area contributed by atoms with Crippen molar-refractivity contribution in [1.82, 2.24) is 10.2 Å². The lowest BCUT2D eigenvalue weighted by atomic mass is 10.1. The van der Waals surface area contributed by atoms with Crippen LogP contribution in [0.4, 0.5) is 0 Å². The van der Waals surface area contributed by atoms with E-state index < -0.39 is 16.0 Å². The first-order valence-corrected chi connectivity index (χ1v) is 7.93. The summed E-state index contributed by atoms with van der Waals surface area (Å²) in [5.74, 6) is -0.556. The number of hydrogen-bond donors (Lipinski definition) is 1. The highest BCUT2D eigenvalue weighted by Gasteiger charge is 2.37. The van der Waals surface area contributed by atoms with Gasteiger partial charge in [-0.2, -0.15) is 0 Å². The van der Waals surface area contributed by atoms with Crippen molar-refractivity contribution in [3.8, 4) is 0 Å². The van der Waals surface area contributed by atoms with Gasteiger partial charge in [-0.1, -0.05) is 30.3 Å². The van der Waals surface area contributed by atoms with E-state index in [-0.39, 0.29) is 16.8 Å². The van der Waals surface area contributed by atoms with Gasteiger partial charge in [-0.25, -0.2) is 0 Å². The molecule has 0 aliphatic carbocycles. The first-order valence-electron chi connectivity index (χ1n) is 6.72. The van der Waals surface area contributed by atoms with E-state index in [1.807, 2.05) is 30.3 Å². The van der Waals surface area contributed by atoms with Gasteiger partial charge >= 0.3 is 0 Å². The topological polar surface area (TPSA) is 66.5 Å². The largest absolute Gasteiger partial charge is 0.352 e. The molecule has 1 aliphatic heterocycles. The third-order valence-corrected chi connectivity index (χ3v) is 4.99. The van der Waals surface area contributed by atoms with E-state index in [0.29, 0.717) is 6.54 Å². The highest BCUT2D eigenvalue weighted by molar-refractivity contribution is 7.90. The van der Waals surface area contributed by atoms with Crippen LogP contribution < -0.4 is 5.32 Å². The molecule has 0 bridgehead atoms. The van der Waals surface area contributed by atoms with E-state index in [9.17, 15) is 13.8 Å². The fourth-order valence-corrected chi connectivity index (χ4v) is 3.37. The van der Waals surface area contributed by atoms with Crippen LogP contribution in [0.5, 0.6) is 0 Å². The Morgan fingerprint density at radius 2 is 2.05 bits per heavy atom. The van der Waals surface area contributed by atoms with E-state index in [4.69, 9.17) is 0 Å². The molecule has 1 saturated heterocycles. The summed E-state index contributed by atoms with van der Waals surface area (Å²) in [5, 5.41) is 2.42. The predicted molar refractivity (Wildman–Crippen MR) is 81.6 cm³/mol. The minimum atomic E-state index is -1.45. The Balaban J connectivity index is 1.91. The van der Waals surface area contributed by atoms with Crippen LogP contribution in [0, 0.1) is 0 Å². The molecule has 1 N–H and O–H groups in total. The first-order chi connectivity index (χ1) is 10.0. The summed E-state index contributed by atoms with van der Waals surface area (Å²) >= 11 is 0. The van der Waals surface area contributed by atoms with Crippen LogP contribution in [-0.2, 0) is 26.8 Å². The third-order valence-electron chi connectivity index (χ3n) is 3.35. The molecular formula is C15H18N2O3S. The molecule has 2 amide bonds. The minimum Gasteiger partial charge on any atom is -0.352 e. The summed E-state index contributed by atoms with van der Waals surface area (Å²) < 4.78 is 12.0. The maximum absolute atomic E-state index is 12.0. The minimum absolute atomic E-state index is 0.225. The van der Waals surface area contributed by atoms with Gasteiger partial charge in [0, 0.05) is 19.7 Å². The third kappa shape index (κ3) is 3.58. The van der Waals surface area contributed by atoms with Crippen molar-refractivity contribution in [2.45, 2.75) is 18.6 Å². The molecule has 2 rings (SSSR count). The molecule has 1 aliphatic rings. The molecule has 5 nitrogen and oxygen atoms in total. The lowest BCUT2D eigenvalue weighted by molar-refractivity contribution is -0.126. The van der Waals surface area contributed by atoms with Crippen LogP contribution >= 0.6 is 0 Å². The van der Waals surface area contributed by atoms with Gasteiger partial charge in [0.15, 0.2) is 0 Å². The second-order valence-electron chi connectivity index (χ2n) is 4.85. The summed E-state index contributed by atoms with van der Waals surface area (Å²) in [7, 11) is 0.0835. The Labute approximate surface area is 126 Å². The fourth-order valence-electron chi connectivity index (χ4n) is 2.08. The van der Waals surface area contributed by atoms with Crippen molar-refractivity contribution >= 4 is 22.6 Å². The predicted octanol–water partition coefficient (Wildman–Crippen LogP) is 0.796. The van der Waals surface area contributed by atoms with Crippen LogP contribution in [0.3, 0.4) is 0 Å². The van der Waals surface area contributed by atoms with Gasteiger partial charge in [-0.15, -0.1) is 0 Å². The molecule has 0 radical (unpaired) electrons. The first kappa shape index (κ1) is 15.4. The van der Waals surface area contributed by atoms with Gasteiger partial charge in [0.25, 0.3) is 0 Å². The van der Waals surface area contributed by atoms with E-state index in [1.165, 1.54) is 18.0 Å². The van der Waals surface area contributed by atoms with Crippen LogP contribution in [-0.4, -0.2) is 39.8 Å². The van der Waals surface area contributed by atoms with E-state index in [0.717, 1.165) is 12.0 Å². The molecule has 1 fully saturated rings. The number of benzene rings is 1. The van der Waals surface area contributed by atoms with Gasteiger partial charge in [0.2, 0.25) is 11.8 Å². The smallest absolute Gasteiger partial charge is 0.246 e. The number of hydrogen-bond acceptors (Lipinski definition) is 3. The second-order valence-corrected chi connectivity index (χ2v) is 6.57. The van der Waals surface area contributed by atoms with Gasteiger partial charge in [0.05, 0.1) is 10.8 Å². The van der Waals surface area contributed by atoms with Gasteiger partial charge in [-0.05, 0) is 18.9 Å². The molecule has 1 aromatic carbocycles. The lowest BCUT2D eigenvalue weighted by Gasteiger charge is -2.09. The summed E-state index contributed by atoms with van der Waals surface area (Å²) in [5.41, 5.74) is 1.14. The van der Waals surface area contributed by atoms with Crippen LogP contribution in [0.25, 0.3) is 0 Å². The molecule has 6 heteroatoms. The SMILES string of the molecule is C[C@H]1C(=O)N(C)/C(=C/C(=O)NCCc2ccccc2)S1=O. The zero-order valence-corrected chi connectivity index (χ0v) is 12.9. The average Bonchev–Trinajstić information content (AvgIpc) is 2.66. The highest BCUT2D eigenvalue weighted by Crippen LogP contribution is 2.22. The van der Waals surface area contributed by atoms with E-state index in [1.54, 1.807) is 6.92 Å². The normalized spacial score (nSPS) is 23.6.